The minimum Gasteiger partial charge on any atom is -0.340 e. The minimum absolute atomic E-state index is 0.190. The normalized spacial score (nSPS) is 11.2. The molecule has 0 saturated heterocycles. The fourth-order valence-electron chi connectivity index (χ4n) is 2.54. The Labute approximate surface area is 175 Å². The first-order valence-corrected chi connectivity index (χ1v) is 10.7. The predicted octanol–water partition coefficient (Wildman–Crippen LogP) is 3.97. The molecule has 0 amide bonds. The monoisotopic (exact) mass is 470 g/mol. The van der Waals surface area contributed by atoms with E-state index in [2.05, 4.69) is 41.0 Å². The summed E-state index contributed by atoms with van der Waals surface area (Å²) in [6, 6.07) is 16.9. The van der Waals surface area contributed by atoms with Crippen molar-refractivity contribution in [2.75, 3.05) is 10.0 Å². The van der Waals surface area contributed by atoms with Crippen molar-refractivity contribution in [2.24, 2.45) is 0 Å². The number of benzene rings is 2. The average Bonchev–Trinajstić information content (AvgIpc) is 3.25. The van der Waals surface area contributed by atoms with Gasteiger partial charge in [0.25, 0.3) is 10.0 Å². The molecule has 0 aliphatic carbocycles. The van der Waals surface area contributed by atoms with Crippen LogP contribution in [0, 0.1) is 0 Å². The van der Waals surface area contributed by atoms with Gasteiger partial charge in [-0.2, -0.15) is 5.10 Å². The molecule has 4 rings (SSSR count). The molecule has 8 nitrogen and oxygen atoms in total. The van der Waals surface area contributed by atoms with Crippen LogP contribution in [0.4, 0.5) is 17.2 Å². The molecule has 2 heterocycles. The molecule has 146 valence electrons. The zero-order chi connectivity index (χ0) is 20.3. The van der Waals surface area contributed by atoms with Gasteiger partial charge in [0, 0.05) is 34.3 Å². The largest absolute Gasteiger partial charge is 0.340 e. The van der Waals surface area contributed by atoms with Crippen LogP contribution in [0.3, 0.4) is 0 Å². The van der Waals surface area contributed by atoms with Crippen molar-refractivity contribution in [3.8, 4) is 5.82 Å². The Morgan fingerprint density at radius 3 is 2.34 bits per heavy atom. The zero-order valence-corrected chi connectivity index (χ0v) is 17.3. The van der Waals surface area contributed by atoms with Gasteiger partial charge in [0.1, 0.15) is 12.1 Å². The van der Waals surface area contributed by atoms with Crippen LogP contribution >= 0.6 is 15.9 Å². The first-order valence-electron chi connectivity index (χ1n) is 8.47. The number of halogens is 1. The highest BCUT2D eigenvalue weighted by Crippen LogP contribution is 2.22. The second-order valence-electron chi connectivity index (χ2n) is 5.97. The molecule has 0 aliphatic rings. The second kappa shape index (κ2) is 8.02. The van der Waals surface area contributed by atoms with Crippen molar-refractivity contribution in [3.63, 3.8) is 0 Å². The van der Waals surface area contributed by atoms with Crippen molar-refractivity contribution in [3.05, 3.63) is 83.9 Å². The van der Waals surface area contributed by atoms with Crippen LogP contribution in [-0.2, 0) is 10.0 Å². The minimum atomic E-state index is -3.65. The van der Waals surface area contributed by atoms with Crippen molar-refractivity contribution in [2.45, 2.75) is 4.90 Å². The van der Waals surface area contributed by atoms with Crippen LogP contribution in [0.5, 0.6) is 0 Å². The lowest BCUT2D eigenvalue weighted by Crippen LogP contribution is -2.12. The molecule has 2 aromatic heterocycles. The highest BCUT2D eigenvalue weighted by atomic mass is 79.9. The van der Waals surface area contributed by atoms with Gasteiger partial charge in [-0.15, -0.1) is 0 Å². The van der Waals surface area contributed by atoms with Crippen molar-refractivity contribution >= 4 is 43.1 Å². The topological polar surface area (TPSA) is 102 Å². The first-order chi connectivity index (χ1) is 14.0. The van der Waals surface area contributed by atoms with Crippen molar-refractivity contribution < 1.29 is 8.42 Å². The summed E-state index contributed by atoms with van der Waals surface area (Å²) in [6.07, 6.45) is 4.90. The third-order valence-corrected chi connectivity index (χ3v) is 5.85. The quantitative estimate of drug-likeness (QED) is 0.441. The maximum Gasteiger partial charge on any atom is 0.261 e. The molecule has 29 heavy (non-hydrogen) atoms. The van der Waals surface area contributed by atoms with Crippen LogP contribution in [-0.4, -0.2) is 28.2 Å². The van der Waals surface area contributed by atoms with Crippen molar-refractivity contribution in [1.82, 2.24) is 19.7 Å². The molecule has 0 spiro atoms. The lowest BCUT2D eigenvalue weighted by atomic mass is 10.3. The summed E-state index contributed by atoms with van der Waals surface area (Å²) >= 11 is 3.29. The summed E-state index contributed by atoms with van der Waals surface area (Å²) < 4.78 is 30.0. The summed E-state index contributed by atoms with van der Waals surface area (Å²) in [5, 5.41) is 7.30. The number of hydrogen-bond acceptors (Lipinski definition) is 6. The Morgan fingerprint density at radius 2 is 1.66 bits per heavy atom. The molecular formula is C19H15BrN6O2S. The Bertz CT molecular complexity index is 1210. The van der Waals surface area contributed by atoms with Gasteiger partial charge in [-0.1, -0.05) is 15.9 Å². The van der Waals surface area contributed by atoms with Crippen LogP contribution in [0.25, 0.3) is 5.82 Å². The van der Waals surface area contributed by atoms with Gasteiger partial charge in [-0.05, 0) is 54.6 Å². The molecule has 10 heteroatoms. The van der Waals surface area contributed by atoms with E-state index < -0.39 is 10.0 Å². The smallest absolute Gasteiger partial charge is 0.261 e. The number of sulfonamides is 1. The Kier molecular flexibility index (Phi) is 5.28. The van der Waals surface area contributed by atoms with E-state index in [9.17, 15) is 8.42 Å². The fourth-order valence-corrected chi connectivity index (χ4v) is 3.87. The molecule has 0 atom stereocenters. The average molecular weight is 471 g/mol. The summed E-state index contributed by atoms with van der Waals surface area (Å²) in [5.41, 5.74) is 1.21. The van der Waals surface area contributed by atoms with Gasteiger partial charge in [0.15, 0.2) is 5.82 Å². The van der Waals surface area contributed by atoms with Crippen molar-refractivity contribution in [1.29, 1.82) is 0 Å². The number of nitrogens with one attached hydrogen (secondary N) is 2. The predicted molar refractivity (Wildman–Crippen MR) is 114 cm³/mol. The summed E-state index contributed by atoms with van der Waals surface area (Å²) in [6.45, 7) is 0. The van der Waals surface area contributed by atoms with E-state index in [4.69, 9.17) is 0 Å². The highest BCUT2D eigenvalue weighted by molar-refractivity contribution is 9.10. The van der Waals surface area contributed by atoms with Gasteiger partial charge in [0.05, 0.1) is 4.90 Å². The van der Waals surface area contributed by atoms with Gasteiger partial charge < -0.3 is 5.32 Å². The molecular weight excluding hydrogens is 456 g/mol. The maximum absolute atomic E-state index is 12.5. The standard InChI is InChI=1S/C19H15BrN6O2S/c20-14-2-8-17(9-3-14)29(27,28)25-16-6-4-15(5-7-16)24-18-12-19(22-13-21-18)26-11-1-10-23-26/h1-13,25H,(H,21,22,24). The fraction of sp³-hybridized carbons (Fsp3) is 0. The summed E-state index contributed by atoms with van der Waals surface area (Å²) in [7, 11) is -3.65. The number of nitrogens with zero attached hydrogens (tertiary/aromatic N) is 4. The maximum atomic E-state index is 12.5. The van der Waals surface area contributed by atoms with E-state index in [-0.39, 0.29) is 4.90 Å². The zero-order valence-electron chi connectivity index (χ0n) is 14.9. The van der Waals surface area contributed by atoms with Gasteiger partial charge in [-0.3, -0.25) is 4.72 Å². The number of rotatable bonds is 6. The molecule has 0 unspecified atom stereocenters. The molecule has 0 saturated carbocycles. The molecule has 2 N–H and O–H groups in total. The Morgan fingerprint density at radius 1 is 0.931 bits per heavy atom. The number of hydrogen-bond donors (Lipinski definition) is 2. The molecule has 4 aromatic rings. The Balaban J connectivity index is 1.47. The van der Waals surface area contributed by atoms with Crippen LogP contribution in [0.2, 0.25) is 0 Å². The number of aromatic nitrogens is 4. The van der Waals surface area contributed by atoms with Crippen LogP contribution < -0.4 is 10.0 Å². The number of anilines is 3. The molecule has 0 aliphatic heterocycles. The second-order valence-corrected chi connectivity index (χ2v) is 8.57. The molecule has 2 aromatic carbocycles. The van der Waals surface area contributed by atoms with Crippen LogP contribution in [0.15, 0.2) is 88.8 Å². The first kappa shape index (κ1) is 19.1. The molecule has 0 fully saturated rings. The van der Waals surface area contributed by atoms with Gasteiger partial charge >= 0.3 is 0 Å². The lowest BCUT2D eigenvalue weighted by molar-refractivity contribution is 0.601. The van der Waals surface area contributed by atoms with E-state index in [0.29, 0.717) is 17.3 Å². The van der Waals surface area contributed by atoms with E-state index in [1.807, 2.05) is 6.07 Å². The third-order valence-electron chi connectivity index (χ3n) is 3.93. The summed E-state index contributed by atoms with van der Waals surface area (Å²) in [5.74, 6) is 1.22. The SMILES string of the molecule is O=S(=O)(Nc1ccc(Nc2cc(-n3cccn3)ncn2)cc1)c1ccc(Br)cc1. The lowest BCUT2D eigenvalue weighted by Gasteiger charge is -2.10. The molecule has 0 bridgehead atoms. The van der Waals surface area contributed by atoms with Crippen LogP contribution in [0.1, 0.15) is 0 Å². The van der Waals surface area contributed by atoms with E-state index in [1.165, 1.54) is 18.5 Å². The molecule has 0 radical (unpaired) electrons. The van der Waals surface area contributed by atoms with E-state index in [1.54, 1.807) is 59.5 Å². The van der Waals surface area contributed by atoms with Gasteiger partial charge in [0.2, 0.25) is 0 Å². The Hall–Kier alpha value is -3.24. The van der Waals surface area contributed by atoms with E-state index >= 15 is 0 Å². The van der Waals surface area contributed by atoms with Gasteiger partial charge in [-0.25, -0.2) is 23.1 Å². The highest BCUT2D eigenvalue weighted by Gasteiger charge is 2.13. The summed E-state index contributed by atoms with van der Waals surface area (Å²) in [4.78, 5) is 8.57. The third kappa shape index (κ3) is 4.61. The van der Waals surface area contributed by atoms with E-state index in [0.717, 1.165) is 10.2 Å².